The van der Waals surface area contributed by atoms with Crippen molar-refractivity contribution in [3.63, 3.8) is 0 Å². The summed E-state index contributed by atoms with van der Waals surface area (Å²) in [4.78, 5) is 15.2. The minimum absolute atomic E-state index is 0.177. The van der Waals surface area contributed by atoms with Crippen molar-refractivity contribution in [1.29, 1.82) is 0 Å². The number of rotatable bonds is 9. The smallest absolute Gasteiger partial charge is 0.237 e. The Balaban J connectivity index is 1.96. The molecule has 2 saturated heterocycles. The Bertz CT molecular complexity index is 557. The molecule has 2 fully saturated rings. The molecule has 10 heteroatoms. The fourth-order valence-corrected chi connectivity index (χ4v) is 5.29. The van der Waals surface area contributed by atoms with Gasteiger partial charge in [0.25, 0.3) is 0 Å². The summed E-state index contributed by atoms with van der Waals surface area (Å²) in [6.07, 6.45) is 1.99. The highest BCUT2D eigenvalue weighted by Crippen LogP contribution is 2.30. The van der Waals surface area contributed by atoms with Crippen molar-refractivity contribution < 1.29 is 24.9 Å². The largest absolute Gasteiger partial charge is 0.388 e. The number of hydrogen-bond acceptors (Lipinski definition) is 8. The molecule has 0 aliphatic carbocycles. The van der Waals surface area contributed by atoms with Crippen molar-refractivity contribution >= 4 is 29.3 Å². The second-order valence-corrected chi connectivity index (χ2v) is 10.7. The van der Waals surface area contributed by atoms with E-state index in [2.05, 4.69) is 29.6 Å². The van der Waals surface area contributed by atoms with Gasteiger partial charge in [0.05, 0.1) is 17.5 Å². The van der Waals surface area contributed by atoms with Gasteiger partial charge in [-0.1, -0.05) is 0 Å². The lowest BCUT2D eigenvalue weighted by Crippen LogP contribution is -2.65. The summed E-state index contributed by atoms with van der Waals surface area (Å²) < 4.78 is 5.83. The van der Waals surface area contributed by atoms with E-state index in [9.17, 15) is 20.1 Å². The number of nitrogens with zero attached hydrogens (tertiary/aromatic N) is 1. The maximum Gasteiger partial charge on any atom is 0.237 e. The minimum Gasteiger partial charge on any atom is -0.388 e. The van der Waals surface area contributed by atoms with Crippen molar-refractivity contribution in [2.75, 3.05) is 33.4 Å². The molecule has 0 aromatic carbocycles. The zero-order valence-electron chi connectivity index (χ0n) is 19.0. The first kappa shape index (κ1) is 27.1. The summed E-state index contributed by atoms with van der Waals surface area (Å²) in [6.45, 7) is 3.58. The summed E-state index contributed by atoms with van der Waals surface area (Å²) in [5.41, 5.74) is -0.711. The fraction of sp³-hybridized carbons (Fsp3) is 0.952. The standard InChI is InChI=1S/C21H40ClN3O5S/c1-12(22)15(19-17(27)16(26)18(28)21(30-19)31-4)24-20(29)14-8-7-13(9-10-23-14)6-5-11-25(2)3/h12-19,21,23,26-28H,5-11H2,1-4H3,(H,24,29)/t12-,13-,14-,15+,16?,17-,18+,19+,21?/m0/s1. The maximum atomic E-state index is 13.0. The summed E-state index contributed by atoms with van der Waals surface area (Å²) in [5.74, 6) is 0.430. The van der Waals surface area contributed by atoms with E-state index in [4.69, 9.17) is 16.3 Å². The van der Waals surface area contributed by atoms with E-state index in [0.717, 1.165) is 45.2 Å². The fourth-order valence-electron chi connectivity index (χ4n) is 4.41. The van der Waals surface area contributed by atoms with Crippen molar-refractivity contribution in [3.8, 4) is 0 Å². The second-order valence-electron chi connectivity index (χ2n) is 9.07. The van der Waals surface area contributed by atoms with E-state index in [-0.39, 0.29) is 11.9 Å². The predicted molar refractivity (Wildman–Crippen MR) is 124 cm³/mol. The SMILES string of the molecule is CSC1O[C@H]([C@H](NC(=O)[C@@H]2CC[C@H](CCCN(C)C)CCN2)[C@H](C)Cl)[C@@H](O)C(O)[C@H]1O. The van der Waals surface area contributed by atoms with Gasteiger partial charge in [-0.15, -0.1) is 23.4 Å². The molecule has 2 unspecified atom stereocenters. The molecule has 2 aliphatic heterocycles. The highest BCUT2D eigenvalue weighted by molar-refractivity contribution is 7.99. The summed E-state index contributed by atoms with van der Waals surface area (Å²) >= 11 is 7.59. The average molecular weight is 482 g/mol. The Labute approximate surface area is 195 Å². The Morgan fingerprint density at radius 2 is 1.94 bits per heavy atom. The third kappa shape index (κ3) is 7.71. The first-order valence-electron chi connectivity index (χ1n) is 11.2. The molecule has 0 saturated carbocycles. The van der Waals surface area contributed by atoms with Gasteiger partial charge in [0.2, 0.25) is 5.91 Å². The molecule has 0 bridgehead atoms. The monoisotopic (exact) mass is 481 g/mol. The van der Waals surface area contributed by atoms with Crippen LogP contribution in [-0.2, 0) is 9.53 Å². The molecule has 8 nitrogen and oxygen atoms in total. The first-order valence-corrected chi connectivity index (χ1v) is 12.9. The second kappa shape index (κ2) is 12.9. The Morgan fingerprint density at radius 1 is 1.23 bits per heavy atom. The first-order chi connectivity index (χ1) is 14.6. The van der Waals surface area contributed by atoms with Gasteiger partial charge in [-0.3, -0.25) is 4.79 Å². The summed E-state index contributed by atoms with van der Waals surface area (Å²) in [7, 11) is 4.16. The van der Waals surface area contributed by atoms with E-state index in [0.29, 0.717) is 5.92 Å². The number of aliphatic hydroxyl groups is 3. The molecule has 0 aromatic heterocycles. The highest BCUT2D eigenvalue weighted by atomic mass is 35.5. The molecule has 182 valence electrons. The van der Waals surface area contributed by atoms with Crippen molar-refractivity contribution in [3.05, 3.63) is 0 Å². The number of nitrogens with one attached hydrogen (secondary N) is 2. The van der Waals surface area contributed by atoms with Gasteiger partial charge in [0, 0.05) is 0 Å². The van der Waals surface area contributed by atoms with Gasteiger partial charge < -0.3 is 35.6 Å². The van der Waals surface area contributed by atoms with Crippen molar-refractivity contribution in [1.82, 2.24) is 15.5 Å². The van der Waals surface area contributed by atoms with Crippen LogP contribution < -0.4 is 10.6 Å². The van der Waals surface area contributed by atoms with Gasteiger partial charge in [0.15, 0.2) is 0 Å². The third-order valence-electron chi connectivity index (χ3n) is 6.34. The third-order valence-corrected chi connectivity index (χ3v) is 7.46. The molecular weight excluding hydrogens is 442 g/mol. The number of aliphatic hydroxyl groups excluding tert-OH is 3. The van der Waals surface area contributed by atoms with Crippen LogP contribution in [0.4, 0.5) is 0 Å². The molecular formula is C21H40ClN3O5S. The molecule has 2 rings (SSSR count). The Morgan fingerprint density at radius 3 is 2.55 bits per heavy atom. The zero-order valence-corrected chi connectivity index (χ0v) is 20.6. The number of amides is 1. The quantitative estimate of drug-likeness (QED) is 0.300. The number of halogens is 1. The number of alkyl halides is 1. The molecule has 0 aromatic rings. The predicted octanol–water partition coefficient (Wildman–Crippen LogP) is 0.369. The van der Waals surface area contributed by atoms with E-state index in [1.807, 2.05) is 0 Å². The molecule has 1 amide bonds. The van der Waals surface area contributed by atoms with Crippen LogP contribution >= 0.6 is 23.4 Å². The summed E-state index contributed by atoms with van der Waals surface area (Å²) in [5, 5.41) is 36.6. The van der Waals surface area contributed by atoms with Crippen molar-refractivity contribution in [2.24, 2.45) is 5.92 Å². The molecule has 31 heavy (non-hydrogen) atoms. The zero-order chi connectivity index (χ0) is 23.1. The molecule has 2 heterocycles. The van der Waals surface area contributed by atoms with Crippen LogP contribution in [0, 0.1) is 5.92 Å². The van der Waals surface area contributed by atoms with E-state index >= 15 is 0 Å². The summed E-state index contributed by atoms with van der Waals surface area (Å²) in [6, 6.07) is -1.04. The van der Waals surface area contributed by atoms with Crippen LogP contribution in [0.3, 0.4) is 0 Å². The molecule has 5 N–H and O–H groups in total. The number of thioether (sulfide) groups is 1. The van der Waals surface area contributed by atoms with Crippen LogP contribution in [-0.4, -0.2) is 107 Å². The lowest BCUT2D eigenvalue weighted by atomic mass is 9.92. The number of carbonyl (C=O) groups is 1. The van der Waals surface area contributed by atoms with Crippen LogP contribution in [0.25, 0.3) is 0 Å². The Kier molecular flexibility index (Phi) is 11.3. The topological polar surface area (TPSA) is 114 Å². The molecule has 0 spiro atoms. The maximum absolute atomic E-state index is 13.0. The number of carbonyl (C=O) groups excluding carboxylic acids is 1. The van der Waals surface area contributed by atoms with Crippen LogP contribution in [0.15, 0.2) is 0 Å². The highest BCUT2D eigenvalue weighted by Gasteiger charge is 2.48. The van der Waals surface area contributed by atoms with E-state index in [1.165, 1.54) is 11.8 Å². The number of ether oxygens (including phenoxy) is 1. The molecule has 9 atom stereocenters. The minimum atomic E-state index is -1.37. The van der Waals surface area contributed by atoms with Gasteiger partial charge in [-0.25, -0.2) is 0 Å². The molecule has 0 radical (unpaired) electrons. The van der Waals surface area contributed by atoms with Crippen LogP contribution in [0.5, 0.6) is 0 Å². The average Bonchev–Trinajstić information content (AvgIpc) is 2.96. The van der Waals surface area contributed by atoms with Gasteiger partial charge in [-0.2, -0.15) is 0 Å². The van der Waals surface area contributed by atoms with Crippen molar-refractivity contribution in [2.45, 2.75) is 86.3 Å². The molecule has 2 aliphatic rings. The van der Waals surface area contributed by atoms with Gasteiger partial charge in [0.1, 0.15) is 29.9 Å². The van der Waals surface area contributed by atoms with Gasteiger partial charge >= 0.3 is 0 Å². The lowest BCUT2D eigenvalue weighted by Gasteiger charge is -2.44. The van der Waals surface area contributed by atoms with Crippen LogP contribution in [0.2, 0.25) is 0 Å². The van der Waals surface area contributed by atoms with Crippen LogP contribution in [0.1, 0.15) is 39.0 Å². The number of hydrogen-bond donors (Lipinski definition) is 5. The lowest BCUT2D eigenvalue weighted by molar-refractivity contribution is -0.205. The van der Waals surface area contributed by atoms with Gasteiger partial charge in [-0.05, 0) is 78.4 Å². The normalized spacial score (nSPS) is 36.6. The Hall–Kier alpha value is -0.130. The van der Waals surface area contributed by atoms with E-state index in [1.54, 1.807) is 13.2 Å². The van der Waals surface area contributed by atoms with E-state index < -0.39 is 41.3 Å².